The first-order valence-corrected chi connectivity index (χ1v) is 17.7. The predicted molar refractivity (Wildman–Crippen MR) is 177 cm³/mol. The lowest BCUT2D eigenvalue weighted by atomic mass is 10.0. The Balaban J connectivity index is 4.46. The van der Waals surface area contributed by atoms with Crippen LogP contribution in [0.1, 0.15) is 156 Å². The van der Waals surface area contributed by atoms with Crippen LogP contribution in [0.3, 0.4) is 0 Å². The van der Waals surface area contributed by atoms with Gasteiger partial charge in [-0.05, 0) is 38.5 Å². The largest absolute Gasteiger partial charge is 0.481 e. The van der Waals surface area contributed by atoms with Crippen LogP contribution in [0.25, 0.3) is 0 Å². The molecule has 252 valence electrons. The van der Waals surface area contributed by atoms with E-state index in [0.717, 1.165) is 19.4 Å². The molecule has 0 amide bonds. The second-order valence-corrected chi connectivity index (χ2v) is 13.3. The Morgan fingerprint density at radius 3 is 1.12 bits per heavy atom. The molecule has 0 radical (unpaired) electrons. The number of unbranched alkanes of at least 4 members (excludes halogenated alkanes) is 15. The van der Waals surface area contributed by atoms with E-state index in [9.17, 15) is 29.7 Å². The van der Waals surface area contributed by atoms with Crippen molar-refractivity contribution in [3.8, 4) is 0 Å². The third-order valence-corrected chi connectivity index (χ3v) is 9.27. The zero-order valence-corrected chi connectivity index (χ0v) is 28.4. The molecule has 0 aliphatic carbocycles. The summed E-state index contributed by atoms with van der Waals surface area (Å²) in [5.41, 5.74) is 0. The van der Waals surface area contributed by atoms with Gasteiger partial charge in [-0.1, -0.05) is 110 Å². The van der Waals surface area contributed by atoms with E-state index in [0.29, 0.717) is 43.4 Å². The van der Waals surface area contributed by atoms with Gasteiger partial charge in [0.1, 0.15) is 0 Å². The summed E-state index contributed by atoms with van der Waals surface area (Å²) in [5.74, 6) is -3.91. The molecule has 0 aromatic rings. The van der Waals surface area contributed by atoms with E-state index in [-0.39, 0.29) is 0 Å². The number of carboxylic acids is 3. The molecule has 0 aromatic carbocycles. The number of carbonyl (C=O) groups is 3. The number of rotatable bonds is 31. The van der Waals surface area contributed by atoms with E-state index in [4.69, 9.17) is 0 Å². The van der Waals surface area contributed by atoms with Crippen LogP contribution in [0.15, 0.2) is 12.2 Å². The first-order valence-electron chi connectivity index (χ1n) is 17.7. The Morgan fingerprint density at radius 2 is 0.791 bits per heavy atom. The predicted octanol–water partition coefficient (Wildman–Crippen LogP) is 9.34. The summed E-state index contributed by atoms with van der Waals surface area (Å²) >= 11 is 0. The van der Waals surface area contributed by atoms with Gasteiger partial charge < -0.3 is 19.8 Å². The van der Waals surface area contributed by atoms with E-state index in [1.807, 2.05) is 0 Å². The van der Waals surface area contributed by atoms with Gasteiger partial charge in [-0.25, -0.2) is 0 Å². The molecule has 0 aliphatic heterocycles. The molecule has 0 fully saturated rings. The van der Waals surface area contributed by atoms with Crippen molar-refractivity contribution in [2.75, 3.05) is 26.2 Å². The van der Waals surface area contributed by atoms with Crippen molar-refractivity contribution >= 4 is 17.9 Å². The molecule has 0 aliphatic rings. The number of carboxylic acid groups (broad SMARTS) is 3. The lowest BCUT2D eigenvalue weighted by Gasteiger charge is -2.40. The minimum Gasteiger partial charge on any atom is -0.481 e. The molecule has 0 saturated heterocycles. The Morgan fingerprint density at radius 1 is 0.488 bits per heavy atom. The maximum Gasteiger partial charge on any atom is 0.306 e. The maximum absolute atomic E-state index is 11.5. The molecule has 0 rings (SSSR count). The fourth-order valence-corrected chi connectivity index (χ4v) is 5.67. The van der Waals surface area contributed by atoms with Crippen LogP contribution in [0.4, 0.5) is 0 Å². The summed E-state index contributed by atoms with van der Waals surface area (Å²) in [4.78, 5) is 34.5. The normalized spacial score (nSPS) is 15.3. The monoisotopic (exact) mass is 611 g/mol. The van der Waals surface area contributed by atoms with Crippen LogP contribution < -0.4 is 0 Å². The van der Waals surface area contributed by atoms with Crippen molar-refractivity contribution in [1.29, 1.82) is 0 Å². The molecule has 0 spiro atoms. The minimum atomic E-state index is -0.823. The molecule has 7 nitrogen and oxygen atoms in total. The summed E-state index contributed by atoms with van der Waals surface area (Å²) in [6.45, 7) is 10.2. The average molecular weight is 611 g/mol. The standard InChI is InChI=1S/C36H67NO6/c1-5-6-7-8-9-10-11-12-13-14-15-16-17-18-19-20-21-22-23-27-37(28-24-31(2)34(38)39,29-25-32(3)35(40)41)30-26-33(4)36(42)43/h12-13,31-33H,5-11,14-30H2,1-4H3,(H2-,38,39,40,41,42,43)/p+1/b13-12+. The summed E-state index contributed by atoms with van der Waals surface area (Å²) in [5, 5.41) is 28.3. The highest BCUT2D eigenvalue weighted by Crippen LogP contribution is 2.22. The lowest BCUT2D eigenvalue weighted by molar-refractivity contribution is -0.929. The zero-order chi connectivity index (χ0) is 32.3. The number of quaternary nitrogens is 1. The van der Waals surface area contributed by atoms with Gasteiger partial charge in [-0.2, -0.15) is 0 Å². The fraction of sp³-hybridized carbons (Fsp3) is 0.861. The van der Waals surface area contributed by atoms with Crippen molar-refractivity contribution in [3.63, 3.8) is 0 Å². The summed E-state index contributed by atoms with van der Waals surface area (Å²) in [7, 11) is 0. The highest BCUT2D eigenvalue weighted by Gasteiger charge is 2.31. The molecule has 3 N–H and O–H groups in total. The van der Waals surface area contributed by atoms with E-state index >= 15 is 0 Å². The van der Waals surface area contributed by atoms with Crippen LogP contribution in [0.2, 0.25) is 0 Å². The third kappa shape index (κ3) is 23.2. The highest BCUT2D eigenvalue weighted by molar-refractivity contribution is 5.70. The third-order valence-electron chi connectivity index (χ3n) is 9.27. The molecule has 3 unspecified atom stereocenters. The first-order chi connectivity index (χ1) is 20.5. The minimum absolute atomic E-state index is 0.479. The van der Waals surface area contributed by atoms with Crippen LogP contribution in [-0.4, -0.2) is 63.9 Å². The van der Waals surface area contributed by atoms with Gasteiger partial charge in [0, 0.05) is 19.3 Å². The van der Waals surface area contributed by atoms with Crippen molar-refractivity contribution in [2.45, 2.75) is 156 Å². The number of nitrogens with zero attached hydrogens (tertiary/aromatic N) is 1. The summed E-state index contributed by atoms with van der Waals surface area (Å²) in [6, 6.07) is 0. The van der Waals surface area contributed by atoms with Gasteiger partial charge in [0.2, 0.25) is 0 Å². The first kappa shape index (κ1) is 41.1. The number of allylic oxidation sites excluding steroid dienone is 2. The quantitative estimate of drug-likeness (QED) is 0.0410. The van der Waals surface area contributed by atoms with Gasteiger partial charge >= 0.3 is 17.9 Å². The smallest absolute Gasteiger partial charge is 0.306 e. The van der Waals surface area contributed by atoms with Crippen LogP contribution in [0, 0.1) is 17.8 Å². The Labute approximate surface area is 264 Å². The van der Waals surface area contributed by atoms with E-state index in [1.165, 1.54) is 96.3 Å². The average Bonchev–Trinajstić information content (AvgIpc) is 2.97. The fourth-order valence-electron chi connectivity index (χ4n) is 5.67. The molecule has 43 heavy (non-hydrogen) atoms. The molecule has 0 heterocycles. The van der Waals surface area contributed by atoms with E-state index in [2.05, 4.69) is 19.1 Å². The van der Waals surface area contributed by atoms with Gasteiger partial charge in [-0.15, -0.1) is 0 Å². The molecule has 0 aromatic heterocycles. The van der Waals surface area contributed by atoms with Crippen molar-refractivity contribution in [2.24, 2.45) is 17.8 Å². The Kier molecular flexibility index (Phi) is 25.3. The Hall–Kier alpha value is -1.89. The molecule has 0 saturated carbocycles. The number of hydrogen-bond acceptors (Lipinski definition) is 3. The SMILES string of the molecule is CCCCCCCC/C=C/CCCCCCCCCCC[N+](CCC(C)C(=O)O)(CCC(C)C(=O)O)CCC(C)C(=O)O. The van der Waals surface area contributed by atoms with Crippen molar-refractivity contribution < 1.29 is 34.2 Å². The molecule has 3 atom stereocenters. The van der Waals surface area contributed by atoms with Crippen molar-refractivity contribution in [1.82, 2.24) is 0 Å². The zero-order valence-electron chi connectivity index (χ0n) is 28.4. The van der Waals surface area contributed by atoms with Crippen LogP contribution >= 0.6 is 0 Å². The van der Waals surface area contributed by atoms with Gasteiger partial charge in [-0.3, -0.25) is 14.4 Å². The molecule has 7 heteroatoms. The lowest BCUT2D eigenvalue weighted by Crippen LogP contribution is -2.52. The number of hydrogen-bond donors (Lipinski definition) is 3. The topological polar surface area (TPSA) is 112 Å². The Bertz CT molecular complexity index is 692. The molecule has 0 bridgehead atoms. The number of aliphatic carboxylic acids is 3. The summed E-state index contributed by atoms with van der Waals surface area (Å²) in [6.07, 6.45) is 27.8. The van der Waals surface area contributed by atoms with Crippen molar-refractivity contribution in [3.05, 3.63) is 12.2 Å². The molecular weight excluding hydrogens is 542 g/mol. The van der Waals surface area contributed by atoms with Crippen LogP contribution in [-0.2, 0) is 14.4 Å². The van der Waals surface area contributed by atoms with E-state index < -0.39 is 35.7 Å². The second-order valence-electron chi connectivity index (χ2n) is 13.3. The van der Waals surface area contributed by atoms with Gasteiger partial charge in [0.25, 0.3) is 0 Å². The second kappa shape index (κ2) is 26.5. The van der Waals surface area contributed by atoms with Crippen LogP contribution in [0.5, 0.6) is 0 Å². The molecular formula is C36H68NO6+. The van der Waals surface area contributed by atoms with E-state index in [1.54, 1.807) is 20.8 Å². The highest BCUT2D eigenvalue weighted by atomic mass is 16.4. The summed E-state index contributed by atoms with van der Waals surface area (Å²) < 4.78 is 0.611. The maximum atomic E-state index is 11.5. The van der Waals surface area contributed by atoms with Gasteiger partial charge in [0.15, 0.2) is 0 Å². The van der Waals surface area contributed by atoms with Gasteiger partial charge in [0.05, 0.1) is 43.9 Å².